The second-order valence-electron chi connectivity index (χ2n) is 3.51. The zero-order valence-corrected chi connectivity index (χ0v) is 9.88. The van der Waals surface area contributed by atoms with E-state index in [0.29, 0.717) is 5.56 Å². The molecule has 0 saturated carbocycles. The van der Waals surface area contributed by atoms with Crippen LogP contribution in [-0.2, 0) is 6.61 Å². The first kappa shape index (κ1) is 10.9. The van der Waals surface area contributed by atoms with Crippen molar-refractivity contribution in [2.24, 2.45) is 0 Å². The molecule has 0 saturated heterocycles. The highest BCUT2D eigenvalue weighted by Gasteiger charge is 2.13. The summed E-state index contributed by atoms with van der Waals surface area (Å²) >= 11 is 1.53. The number of aryl methyl sites for hydroxylation is 1. The Kier molecular flexibility index (Phi) is 2.77. The Balaban J connectivity index is 2.59. The fourth-order valence-electron chi connectivity index (χ4n) is 1.54. The van der Waals surface area contributed by atoms with Crippen LogP contribution in [-0.4, -0.2) is 14.9 Å². The van der Waals surface area contributed by atoms with Crippen LogP contribution in [0.1, 0.15) is 21.7 Å². The summed E-state index contributed by atoms with van der Waals surface area (Å²) in [5.74, 6) is 0. The molecule has 5 heteroatoms. The first-order valence-electron chi connectivity index (χ1n) is 4.82. The smallest absolute Gasteiger partial charge is 0.135 e. The minimum Gasteiger partial charge on any atom is -0.392 e. The molecule has 0 fully saturated rings. The fraction of sp³-hybridized carbons (Fsp3) is 0.273. The van der Waals surface area contributed by atoms with E-state index < -0.39 is 0 Å². The molecule has 0 unspecified atom stereocenters. The maximum Gasteiger partial charge on any atom is 0.135 e. The maximum atomic E-state index is 9.10. The lowest BCUT2D eigenvalue weighted by atomic mass is 10.3. The Hall–Kier alpha value is -1.64. The highest BCUT2D eigenvalue weighted by molar-refractivity contribution is 7.14. The molecule has 0 amide bonds. The van der Waals surface area contributed by atoms with E-state index in [4.69, 9.17) is 10.4 Å². The predicted molar refractivity (Wildman–Crippen MR) is 61.6 cm³/mol. The van der Waals surface area contributed by atoms with Gasteiger partial charge in [-0.2, -0.15) is 10.4 Å². The number of thiophene rings is 1. The van der Waals surface area contributed by atoms with Gasteiger partial charge in [0, 0.05) is 16.1 Å². The summed E-state index contributed by atoms with van der Waals surface area (Å²) in [7, 11) is 0. The number of aliphatic hydroxyl groups excluding tert-OH is 1. The van der Waals surface area contributed by atoms with E-state index in [9.17, 15) is 0 Å². The minimum atomic E-state index is -0.0297. The molecule has 0 bridgehead atoms. The third kappa shape index (κ3) is 1.62. The fourth-order valence-corrected chi connectivity index (χ4v) is 2.51. The highest BCUT2D eigenvalue weighted by Crippen LogP contribution is 2.26. The summed E-state index contributed by atoms with van der Waals surface area (Å²) in [6.07, 6.45) is 1.63. The van der Waals surface area contributed by atoms with E-state index in [1.165, 1.54) is 11.3 Å². The molecule has 0 atom stereocenters. The molecule has 0 spiro atoms. The number of rotatable bonds is 2. The van der Waals surface area contributed by atoms with E-state index in [-0.39, 0.29) is 6.61 Å². The lowest BCUT2D eigenvalue weighted by Crippen LogP contribution is -1.98. The standard InChI is InChI=1S/C11H11N3OS/c1-7-3-9(4-12)11(16-7)14-8(2)10(6-15)5-13-14/h3,5,15H,6H2,1-2H3. The average molecular weight is 233 g/mol. The second-order valence-corrected chi connectivity index (χ2v) is 4.75. The van der Waals surface area contributed by atoms with E-state index in [2.05, 4.69) is 11.2 Å². The van der Waals surface area contributed by atoms with Gasteiger partial charge in [0.25, 0.3) is 0 Å². The van der Waals surface area contributed by atoms with Gasteiger partial charge in [0.1, 0.15) is 11.1 Å². The monoisotopic (exact) mass is 233 g/mol. The van der Waals surface area contributed by atoms with Crippen LogP contribution in [0.4, 0.5) is 0 Å². The van der Waals surface area contributed by atoms with Gasteiger partial charge >= 0.3 is 0 Å². The molecule has 0 aliphatic heterocycles. The van der Waals surface area contributed by atoms with E-state index >= 15 is 0 Å². The molecule has 0 aliphatic rings. The van der Waals surface area contributed by atoms with Gasteiger partial charge in [0.2, 0.25) is 0 Å². The van der Waals surface area contributed by atoms with E-state index in [0.717, 1.165) is 21.1 Å². The second kappa shape index (κ2) is 4.08. The Bertz CT molecular complexity index is 562. The van der Waals surface area contributed by atoms with Crippen molar-refractivity contribution in [2.75, 3.05) is 0 Å². The summed E-state index contributed by atoms with van der Waals surface area (Å²) < 4.78 is 1.71. The van der Waals surface area contributed by atoms with Gasteiger partial charge in [-0.1, -0.05) is 0 Å². The van der Waals surface area contributed by atoms with Crippen molar-refractivity contribution in [3.8, 4) is 11.1 Å². The van der Waals surface area contributed by atoms with Crippen molar-refractivity contribution in [3.05, 3.63) is 34.0 Å². The van der Waals surface area contributed by atoms with Crippen LogP contribution in [0.15, 0.2) is 12.3 Å². The SMILES string of the molecule is Cc1cc(C#N)c(-n2ncc(CO)c2C)s1. The van der Waals surface area contributed by atoms with Crippen LogP contribution in [0.3, 0.4) is 0 Å². The summed E-state index contributed by atoms with van der Waals surface area (Å²) in [5, 5.41) is 23.1. The van der Waals surface area contributed by atoms with Crippen LogP contribution in [0.25, 0.3) is 5.00 Å². The molecule has 0 aromatic carbocycles. The quantitative estimate of drug-likeness (QED) is 0.862. The number of aliphatic hydroxyl groups is 1. The van der Waals surface area contributed by atoms with Crippen molar-refractivity contribution < 1.29 is 5.11 Å². The normalized spacial score (nSPS) is 10.4. The number of nitriles is 1. The van der Waals surface area contributed by atoms with Crippen molar-refractivity contribution in [1.29, 1.82) is 5.26 Å². The number of aromatic nitrogens is 2. The first-order valence-corrected chi connectivity index (χ1v) is 5.64. The lowest BCUT2D eigenvalue weighted by Gasteiger charge is -2.01. The average Bonchev–Trinajstić information content (AvgIpc) is 2.81. The molecule has 4 nitrogen and oxygen atoms in total. The summed E-state index contributed by atoms with van der Waals surface area (Å²) in [4.78, 5) is 1.08. The molecule has 2 aromatic heterocycles. The van der Waals surface area contributed by atoms with Gasteiger partial charge in [-0.15, -0.1) is 11.3 Å². The van der Waals surface area contributed by atoms with E-state index in [1.54, 1.807) is 10.9 Å². The molecule has 1 N–H and O–H groups in total. The van der Waals surface area contributed by atoms with Crippen molar-refractivity contribution in [3.63, 3.8) is 0 Å². The van der Waals surface area contributed by atoms with Crippen molar-refractivity contribution >= 4 is 11.3 Å². The highest BCUT2D eigenvalue weighted by atomic mass is 32.1. The molecular formula is C11H11N3OS. The lowest BCUT2D eigenvalue weighted by molar-refractivity contribution is 0.281. The van der Waals surface area contributed by atoms with Crippen LogP contribution in [0, 0.1) is 25.2 Å². The number of nitrogens with zero attached hydrogens (tertiary/aromatic N) is 3. The largest absolute Gasteiger partial charge is 0.392 e. The molecular weight excluding hydrogens is 222 g/mol. The van der Waals surface area contributed by atoms with Crippen LogP contribution < -0.4 is 0 Å². The third-order valence-electron chi connectivity index (χ3n) is 2.43. The Morgan fingerprint density at radius 1 is 1.56 bits per heavy atom. The van der Waals surface area contributed by atoms with Gasteiger partial charge in [-0.05, 0) is 19.9 Å². The van der Waals surface area contributed by atoms with Crippen molar-refractivity contribution in [2.45, 2.75) is 20.5 Å². The Morgan fingerprint density at radius 3 is 2.88 bits per heavy atom. The topological polar surface area (TPSA) is 61.8 Å². The zero-order valence-electron chi connectivity index (χ0n) is 9.06. The summed E-state index contributed by atoms with van der Waals surface area (Å²) in [5.41, 5.74) is 2.29. The van der Waals surface area contributed by atoms with Crippen LogP contribution >= 0.6 is 11.3 Å². The van der Waals surface area contributed by atoms with Crippen molar-refractivity contribution in [1.82, 2.24) is 9.78 Å². The van der Waals surface area contributed by atoms with E-state index in [1.807, 2.05) is 19.9 Å². The molecule has 0 aliphatic carbocycles. The van der Waals surface area contributed by atoms with Gasteiger partial charge < -0.3 is 5.11 Å². The molecule has 0 radical (unpaired) electrons. The molecule has 2 rings (SSSR count). The number of hydrogen-bond acceptors (Lipinski definition) is 4. The molecule has 2 aromatic rings. The molecule has 2 heterocycles. The molecule has 82 valence electrons. The Morgan fingerprint density at radius 2 is 2.31 bits per heavy atom. The van der Waals surface area contributed by atoms with Gasteiger partial charge in [0.05, 0.1) is 18.4 Å². The first-order chi connectivity index (χ1) is 7.67. The summed E-state index contributed by atoms with van der Waals surface area (Å²) in [6.45, 7) is 3.81. The van der Waals surface area contributed by atoms with Crippen LogP contribution in [0.5, 0.6) is 0 Å². The van der Waals surface area contributed by atoms with Crippen LogP contribution in [0.2, 0.25) is 0 Å². The van der Waals surface area contributed by atoms with Gasteiger partial charge in [-0.25, -0.2) is 4.68 Å². The third-order valence-corrected chi connectivity index (χ3v) is 3.46. The summed E-state index contributed by atoms with van der Waals surface area (Å²) in [6, 6.07) is 4.00. The van der Waals surface area contributed by atoms with Gasteiger partial charge in [-0.3, -0.25) is 0 Å². The van der Waals surface area contributed by atoms with Gasteiger partial charge in [0.15, 0.2) is 0 Å². The number of hydrogen-bond donors (Lipinski definition) is 1. The minimum absolute atomic E-state index is 0.0297. The Labute approximate surface area is 97.4 Å². The molecule has 16 heavy (non-hydrogen) atoms. The zero-order chi connectivity index (χ0) is 11.7. The maximum absolute atomic E-state index is 9.10. The predicted octanol–water partition coefficient (Wildman–Crippen LogP) is 1.91.